The van der Waals surface area contributed by atoms with Crippen LogP contribution in [0.15, 0.2) is 48.5 Å². The summed E-state index contributed by atoms with van der Waals surface area (Å²) in [5.41, 5.74) is 4.66. The van der Waals surface area contributed by atoms with E-state index in [1.807, 2.05) is 31.2 Å². The van der Waals surface area contributed by atoms with Gasteiger partial charge in [0.05, 0.1) is 12.3 Å². The van der Waals surface area contributed by atoms with Crippen molar-refractivity contribution in [2.75, 3.05) is 6.61 Å². The van der Waals surface area contributed by atoms with Crippen LogP contribution in [0.2, 0.25) is 0 Å². The van der Waals surface area contributed by atoms with E-state index in [-0.39, 0.29) is 18.9 Å². The number of aliphatic carboxylic acids is 1. The number of rotatable bonds is 8. The first-order valence-corrected chi connectivity index (χ1v) is 9.18. The molecule has 0 fully saturated rings. The van der Waals surface area contributed by atoms with Crippen molar-refractivity contribution in [1.82, 2.24) is 0 Å². The highest BCUT2D eigenvalue weighted by atomic mass is 16.5. The molecule has 3 rings (SSSR count). The normalized spacial score (nSPS) is 13.7. The number of fused-ring (bicyclic) bond motifs is 3. The Bertz CT molecular complexity index is 751. The lowest BCUT2D eigenvalue weighted by Crippen LogP contribution is -2.21. The van der Waals surface area contributed by atoms with Crippen molar-refractivity contribution in [3.8, 4) is 11.1 Å². The quantitative estimate of drug-likeness (QED) is 0.704. The minimum absolute atomic E-state index is 0.00488. The van der Waals surface area contributed by atoms with Crippen LogP contribution in [0.4, 0.5) is 0 Å². The molecule has 4 heteroatoms. The number of hydrogen-bond acceptors (Lipinski definition) is 3. The van der Waals surface area contributed by atoms with Gasteiger partial charge in [-0.1, -0.05) is 68.3 Å². The lowest BCUT2D eigenvalue weighted by Gasteiger charge is -2.16. The highest BCUT2D eigenvalue weighted by molar-refractivity contribution is 5.80. The maximum Gasteiger partial charge on any atom is 0.307 e. The molecule has 1 unspecified atom stereocenters. The number of ether oxygens (including phenoxy) is 1. The van der Waals surface area contributed by atoms with Gasteiger partial charge in [-0.25, -0.2) is 0 Å². The number of unbranched alkanes of at least 4 members (excludes halogenated alkanes) is 1. The van der Waals surface area contributed by atoms with Crippen LogP contribution in [0.3, 0.4) is 0 Å². The summed E-state index contributed by atoms with van der Waals surface area (Å²) in [5, 5.41) is 9.28. The molecule has 0 spiro atoms. The number of esters is 1. The Morgan fingerprint density at radius 1 is 1.04 bits per heavy atom. The Hall–Kier alpha value is -2.62. The third-order valence-electron chi connectivity index (χ3n) is 5.04. The van der Waals surface area contributed by atoms with Crippen LogP contribution in [-0.4, -0.2) is 23.7 Å². The molecule has 2 aromatic carbocycles. The summed E-state index contributed by atoms with van der Waals surface area (Å²) in [6.07, 6.45) is 2.16. The van der Waals surface area contributed by atoms with Gasteiger partial charge in [0.1, 0.15) is 6.61 Å². The highest BCUT2D eigenvalue weighted by Crippen LogP contribution is 2.44. The zero-order valence-electron chi connectivity index (χ0n) is 15.0. The van der Waals surface area contributed by atoms with Crippen LogP contribution in [0, 0.1) is 5.92 Å². The van der Waals surface area contributed by atoms with E-state index in [0.717, 1.165) is 24.0 Å². The molecule has 0 aromatic heterocycles. The van der Waals surface area contributed by atoms with Gasteiger partial charge in [-0.05, 0) is 28.7 Å². The molecule has 0 radical (unpaired) electrons. The molecule has 0 aliphatic heterocycles. The molecule has 1 atom stereocenters. The summed E-state index contributed by atoms with van der Waals surface area (Å²) in [5.74, 6) is -2.02. The van der Waals surface area contributed by atoms with Crippen molar-refractivity contribution in [1.29, 1.82) is 0 Å². The first-order chi connectivity index (χ1) is 12.6. The molecular formula is C22H24O4. The molecule has 1 aliphatic carbocycles. The Morgan fingerprint density at radius 2 is 1.62 bits per heavy atom. The molecular weight excluding hydrogens is 328 g/mol. The molecule has 0 heterocycles. The second-order valence-corrected chi connectivity index (χ2v) is 6.79. The maximum absolute atomic E-state index is 12.2. The number of benzene rings is 2. The Kier molecular flexibility index (Phi) is 5.71. The van der Waals surface area contributed by atoms with Gasteiger partial charge in [0.25, 0.3) is 0 Å². The molecule has 0 saturated carbocycles. The van der Waals surface area contributed by atoms with Crippen LogP contribution >= 0.6 is 0 Å². The van der Waals surface area contributed by atoms with E-state index in [1.54, 1.807) is 0 Å². The maximum atomic E-state index is 12.2. The van der Waals surface area contributed by atoms with E-state index in [2.05, 4.69) is 24.3 Å². The topological polar surface area (TPSA) is 63.6 Å². The van der Waals surface area contributed by atoms with Crippen LogP contribution in [0.5, 0.6) is 0 Å². The van der Waals surface area contributed by atoms with Crippen molar-refractivity contribution >= 4 is 11.9 Å². The second-order valence-electron chi connectivity index (χ2n) is 6.79. The van der Waals surface area contributed by atoms with Crippen LogP contribution in [0.25, 0.3) is 11.1 Å². The zero-order valence-corrected chi connectivity index (χ0v) is 15.0. The van der Waals surface area contributed by atoms with E-state index in [0.29, 0.717) is 6.42 Å². The molecule has 1 aliphatic rings. The smallest absolute Gasteiger partial charge is 0.307 e. The fourth-order valence-electron chi connectivity index (χ4n) is 3.64. The Morgan fingerprint density at radius 3 is 2.15 bits per heavy atom. The summed E-state index contributed by atoms with van der Waals surface area (Å²) in [6, 6.07) is 16.3. The van der Waals surface area contributed by atoms with Gasteiger partial charge in [-0.2, -0.15) is 0 Å². The average molecular weight is 352 g/mol. The third-order valence-corrected chi connectivity index (χ3v) is 5.04. The Labute approximate surface area is 153 Å². The largest absolute Gasteiger partial charge is 0.481 e. The fourth-order valence-corrected chi connectivity index (χ4v) is 3.64. The van der Waals surface area contributed by atoms with E-state index in [1.165, 1.54) is 11.1 Å². The molecule has 26 heavy (non-hydrogen) atoms. The van der Waals surface area contributed by atoms with Gasteiger partial charge in [0, 0.05) is 5.92 Å². The van der Waals surface area contributed by atoms with Crippen molar-refractivity contribution in [3.63, 3.8) is 0 Å². The predicted octanol–water partition coefficient (Wildman–Crippen LogP) is 4.62. The predicted molar refractivity (Wildman–Crippen MR) is 99.9 cm³/mol. The SMILES string of the molecule is CCCCC(CC(=O)OCC1c2ccccc2-c2ccccc21)C(=O)O. The number of carboxylic acid groups (broad SMARTS) is 1. The third kappa shape index (κ3) is 3.79. The highest BCUT2D eigenvalue weighted by Gasteiger charge is 2.29. The number of hydrogen-bond donors (Lipinski definition) is 1. The molecule has 0 amide bonds. The lowest BCUT2D eigenvalue weighted by molar-refractivity contribution is -0.152. The molecule has 1 N–H and O–H groups in total. The fraction of sp³-hybridized carbons (Fsp3) is 0.364. The van der Waals surface area contributed by atoms with Gasteiger partial charge in [0.2, 0.25) is 0 Å². The van der Waals surface area contributed by atoms with Crippen LogP contribution in [0.1, 0.15) is 49.7 Å². The van der Waals surface area contributed by atoms with Gasteiger partial charge < -0.3 is 9.84 Å². The number of carbonyl (C=O) groups is 2. The second kappa shape index (κ2) is 8.17. The van der Waals surface area contributed by atoms with Crippen LogP contribution < -0.4 is 0 Å². The van der Waals surface area contributed by atoms with Crippen molar-refractivity contribution < 1.29 is 19.4 Å². The standard InChI is InChI=1S/C22H24O4/c1-2-3-8-15(22(24)25)13-21(23)26-14-20-18-11-6-4-9-16(18)17-10-5-7-12-19(17)20/h4-7,9-12,15,20H,2-3,8,13-14H2,1H3,(H,24,25). The summed E-state index contributed by atoms with van der Waals surface area (Å²) in [6.45, 7) is 2.25. The minimum atomic E-state index is -0.924. The zero-order chi connectivity index (χ0) is 18.5. The molecule has 4 nitrogen and oxygen atoms in total. The van der Waals surface area contributed by atoms with Gasteiger partial charge >= 0.3 is 11.9 Å². The van der Waals surface area contributed by atoms with E-state index in [9.17, 15) is 14.7 Å². The van der Waals surface area contributed by atoms with Gasteiger partial charge in [-0.3, -0.25) is 9.59 Å². The van der Waals surface area contributed by atoms with Crippen LogP contribution in [-0.2, 0) is 14.3 Å². The Balaban J connectivity index is 1.68. The van der Waals surface area contributed by atoms with Crippen molar-refractivity contribution in [3.05, 3.63) is 59.7 Å². The number of carboxylic acids is 1. The first kappa shape index (κ1) is 18.2. The molecule has 0 bridgehead atoms. The summed E-state index contributed by atoms with van der Waals surface area (Å²) >= 11 is 0. The first-order valence-electron chi connectivity index (χ1n) is 9.18. The van der Waals surface area contributed by atoms with Gasteiger partial charge in [-0.15, -0.1) is 0 Å². The number of carbonyl (C=O) groups excluding carboxylic acids is 1. The average Bonchev–Trinajstić information content (AvgIpc) is 2.97. The molecule has 0 saturated heterocycles. The minimum Gasteiger partial charge on any atom is -0.481 e. The van der Waals surface area contributed by atoms with Crippen molar-refractivity contribution in [2.24, 2.45) is 5.92 Å². The van der Waals surface area contributed by atoms with E-state index < -0.39 is 17.9 Å². The van der Waals surface area contributed by atoms with Crippen molar-refractivity contribution in [2.45, 2.75) is 38.5 Å². The lowest BCUT2D eigenvalue weighted by atomic mass is 9.97. The summed E-state index contributed by atoms with van der Waals surface area (Å²) < 4.78 is 5.50. The summed E-state index contributed by atoms with van der Waals surface area (Å²) in [7, 11) is 0. The molecule has 136 valence electrons. The van der Waals surface area contributed by atoms with E-state index in [4.69, 9.17) is 4.74 Å². The monoisotopic (exact) mass is 352 g/mol. The molecule has 2 aromatic rings. The van der Waals surface area contributed by atoms with Gasteiger partial charge in [0.15, 0.2) is 0 Å². The van der Waals surface area contributed by atoms with E-state index >= 15 is 0 Å². The summed E-state index contributed by atoms with van der Waals surface area (Å²) in [4.78, 5) is 23.5.